The van der Waals surface area contributed by atoms with Gasteiger partial charge in [0, 0.05) is 19.1 Å². The first kappa shape index (κ1) is 25.3. The standard InChI is InChI=1S/C30H28ClF3O/c1-35-16-2-3-20-4-6-21(7-5-20)8-9-22-11-15-26-25(17-22)14-13-24(30(26)34)12-10-23-18-27(32)29(31)28(33)19-23/h4-7,11,13-15,17-19H,2-3,8-10,12,16H2,1H3. The van der Waals surface area contributed by atoms with Crippen LogP contribution in [0.25, 0.3) is 10.8 Å². The van der Waals surface area contributed by atoms with Gasteiger partial charge in [-0.05, 0) is 83.9 Å². The van der Waals surface area contributed by atoms with Gasteiger partial charge in [-0.2, -0.15) is 0 Å². The van der Waals surface area contributed by atoms with Gasteiger partial charge in [0.1, 0.15) is 22.5 Å². The van der Waals surface area contributed by atoms with E-state index < -0.39 is 16.7 Å². The average molecular weight is 497 g/mol. The van der Waals surface area contributed by atoms with Crippen molar-refractivity contribution in [1.82, 2.24) is 0 Å². The van der Waals surface area contributed by atoms with Crippen LogP contribution < -0.4 is 0 Å². The molecule has 0 heterocycles. The Morgan fingerprint density at radius 1 is 0.657 bits per heavy atom. The molecule has 182 valence electrons. The molecule has 0 saturated heterocycles. The molecule has 4 rings (SSSR count). The molecule has 4 aromatic rings. The van der Waals surface area contributed by atoms with Crippen molar-refractivity contribution in [2.45, 2.75) is 38.5 Å². The van der Waals surface area contributed by atoms with E-state index in [-0.39, 0.29) is 5.82 Å². The predicted octanol–water partition coefficient (Wildman–Crippen LogP) is 8.06. The number of aryl methyl sites for hydroxylation is 5. The zero-order valence-corrected chi connectivity index (χ0v) is 20.5. The second-order valence-corrected chi connectivity index (χ2v) is 9.26. The van der Waals surface area contributed by atoms with Crippen molar-refractivity contribution < 1.29 is 17.9 Å². The van der Waals surface area contributed by atoms with Crippen LogP contribution in [0.3, 0.4) is 0 Å². The molecule has 0 aliphatic carbocycles. The summed E-state index contributed by atoms with van der Waals surface area (Å²) in [5, 5.41) is 0.886. The summed E-state index contributed by atoms with van der Waals surface area (Å²) in [5.74, 6) is -1.88. The van der Waals surface area contributed by atoms with Crippen LogP contribution in [-0.4, -0.2) is 13.7 Å². The lowest BCUT2D eigenvalue weighted by molar-refractivity contribution is 0.195. The number of benzene rings is 4. The predicted molar refractivity (Wildman–Crippen MR) is 137 cm³/mol. The molecule has 0 radical (unpaired) electrons. The van der Waals surface area contributed by atoms with E-state index in [2.05, 4.69) is 24.3 Å². The fraction of sp³-hybridized carbons (Fsp3) is 0.267. The Morgan fingerprint density at radius 3 is 1.94 bits per heavy atom. The molecule has 0 aromatic heterocycles. The van der Waals surface area contributed by atoms with E-state index in [0.717, 1.165) is 43.2 Å². The van der Waals surface area contributed by atoms with Gasteiger partial charge in [-0.25, -0.2) is 13.2 Å². The first-order valence-electron chi connectivity index (χ1n) is 11.8. The third kappa shape index (κ3) is 6.45. The normalized spacial score (nSPS) is 11.3. The van der Waals surface area contributed by atoms with Crippen LogP contribution in [0.15, 0.2) is 66.7 Å². The number of halogens is 4. The average Bonchev–Trinajstić information content (AvgIpc) is 2.86. The lowest BCUT2D eigenvalue weighted by Gasteiger charge is -2.10. The highest BCUT2D eigenvalue weighted by molar-refractivity contribution is 6.30. The number of ether oxygens (including phenoxy) is 1. The molecule has 0 atom stereocenters. The molecule has 0 aliphatic heterocycles. The number of hydrogen-bond donors (Lipinski definition) is 0. The smallest absolute Gasteiger partial charge is 0.145 e. The van der Waals surface area contributed by atoms with Crippen LogP contribution in [0.4, 0.5) is 13.2 Å². The van der Waals surface area contributed by atoms with Crippen LogP contribution >= 0.6 is 11.6 Å². The van der Waals surface area contributed by atoms with Crippen molar-refractivity contribution in [3.63, 3.8) is 0 Å². The Bertz CT molecular complexity index is 1280. The maximum absolute atomic E-state index is 15.1. The van der Waals surface area contributed by atoms with Gasteiger partial charge >= 0.3 is 0 Å². The summed E-state index contributed by atoms with van der Waals surface area (Å²) in [6.07, 6.45) is 4.47. The Kier molecular flexibility index (Phi) is 8.48. The van der Waals surface area contributed by atoms with Crippen molar-refractivity contribution in [1.29, 1.82) is 0 Å². The van der Waals surface area contributed by atoms with E-state index >= 15 is 4.39 Å². The van der Waals surface area contributed by atoms with Gasteiger partial charge in [-0.3, -0.25) is 0 Å². The van der Waals surface area contributed by atoms with E-state index in [1.54, 1.807) is 13.2 Å². The van der Waals surface area contributed by atoms with E-state index in [9.17, 15) is 8.78 Å². The monoisotopic (exact) mass is 496 g/mol. The maximum atomic E-state index is 15.1. The summed E-state index contributed by atoms with van der Waals surface area (Å²) in [4.78, 5) is 0. The minimum absolute atomic E-state index is 0.284. The fourth-order valence-electron chi connectivity index (χ4n) is 4.35. The third-order valence-corrected chi connectivity index (χ3v) is 6.73. The highest BCUT2D eigenvalue weighted by Gasteiger charge is 2.12. The third-order valence-electron chi connectivity index (χ3n) is 6.36. The Morgan fingerprint density at radius 2 is 1.26 bits per heavy atom. The van der Waals surface area contributed by atoms with Crippen LogP contribution in [0.2, 0.25) is 5.02 Å². The molecule has 0 amide bonds. The lowest BCUT2D eigenvalue weighted by atomic mass is 9.97. The summed E-state index contributed by atoms with van der Waals surface area (Å²) in [6.45, 7) is 0.772. The topological polar surface area (TPSA) is 9.23 Å². The molecule has 0 aliphatic rings. The second kappa shape index (κ2) is 11.7. The summed E-state index contributed by atoms with van der Waals surface area (Å²) in [6, 6.07) is 20.6. The molecule has 1 nitrogen and oxygen atoms in total. The van der Waals surface area contributed by atoms with Crippen LogP contribution in [0.5, 0.6) is 0 Å². The van der Waals surface area contributed by atoms with Crippen molar-refractivity contribution >= 4 is 22.4 Å². The molecule has 0 fully saturated rings. The molecule has 4 aromatic carbocycles. The molecule has 35 heavy (non-hydrogen) atoms. The van der Waals surface area contributed by atoms with Gasteiger partial charge in [-0.15, -0.1) is 0 Å². The van der Waals surface area contributed by atoms with Crippen LogP contribution in [0.1, 0.15) is 34.2 Å². The molecule has 0 spiro atoms. The Hall–Kier alpha value is -2.82. The summed E-state index contributed by atoms with van der Waals surface area (Å²) in [5.41, 5.74) is 4.71. The van der Waals surface area contributed by atoms with E-state index in [0.29, 0.717) is 29.4 Å². The first-order valence-corrected chi connectivity index (χ1v) is 12.2. The molecule has 5 heteroatoms. The van der Waals surface area contributed by atoms with E-state index in [1.807, 2.05) is 24.3 Å². The highest BCUT2D eigenvalue weighted by Crippen LogP contribution is 2.26. The minimum atomic E-state index is -0.800. The number of methoxy groups -OCH3 is 1. The molecule has 0 unspecified atom stereocenters. The summed E-state index contributed by atoms with van der Waals surface area (Å²) in [7, 11) is 1.72. The molecular weight excluding hydrogens is 469 g/mol. The van der Waals surface area contributed by atoms with Gasteiger partial charge in [0.25, 0.3) is 0 Å². The SMILES string of the molecule is COCCCc1ccc(CCc2ccc3c(F)c(CCc4cc(F)c(Cl)c(F)c4)ccc3c2)cc1. The second-order valence-electron chi connectivity index (χ2n) is 8.88. The maximum Gasteiger partial charge on any atom is 0.145 e. The largest absolute Gasteiger partial charge is 0.385 e. The van der Waals surface area contributed by atoms with Crippen LogP contribution in [0, 0.1) is 17.5 Å². The van der Waals surface area contributed by atoms with Gasteiger partial charge in [0.05, 0.1) is 0 Å². The lowest BCUT2D eigenvalue weighted by Crippen LogP contribution is -1.98. The first-order chi connectivity index (χ1) is 16.9. The van der Waals surface area contributed by atoms with Crippen molar-refractivity contribution in [2.75, 3.05) is 13.7 Å². The molecule has 0 N–H and O–H groups in total. The molecular formula is C30H28ClF3O. The van der Waals surface area contributed by atoms with Crippen LogP contribution in [-0.2, 0) is 36.8 Å². The summed E-state index contributed by atoms with van der Waals surface area (Å²) < 4.78 is 47.6. The molecule has 0 saturated carbocycles. The zero-order valence-electron chi connectivity index (χ0n) is 19.7. The van der Waals surface area contributed by atoms with Gasteiger partial charge < -0.3 is 4.74 Å². The Balaban J connectivity index is 1.39. The summed E-state index contributed by atoms with van der Waals surface area (Å²) >= 11 is 5.54. The van der Waals surface area contributed by atoms with Gasteiger partial charge in [-0.1, -0.05) is 66.2 Å². The number of fused-ring (bicyclic) bond motifs is 1. The van der Waals surface area contributed by atoms with E-state index in [4.69, 9.17) is 16.3 Å². The van der Waals surface area contributed by atoms with Crippen molar-refractivity contribution in [3.8, 4) is 0 Å². The Labute approximate surface area is 209 Å². The quantitative estimate of drug-likeness (QED) is 0.159. The minimum Gasteiger partial charge on any atom is -0.385 e. The molecule has 0 bridgehead atoms. The van der Waals surface area contributed by atoms with Crippen molar-refractivity contribution in [2.24, 2.45) is 0 Å². The number of rotatable bonds is 10. The number of hydrogen-bond acceptors (Lipinski definition) is 1. The zero-order chi connectivity index (χ0) is 24.8. The van der Waals surface area contributed by atoms with Gasteiger partial charge in [0.2, 0.25) is 0 Å². The highest BCUT2D eigenvalue weighted by atomic mass is 35.5. The fourth-order valence-corrected chi connectivity index (χ4v) is 4.46. The van der Waals surface area contributed by atoms with E-state index in [1.165, 1.54) is 23.3 Å². The van der Waals surface area contributed by atoms with Gasteiger partial charge in [0.15, 0.2) is 0 Å². The van der Waals surface area contributed by atoms with Crippen molar-refractivity contribution in [3.05, 3.63) is 117 Å².